The third-order valence-corrected chi connectivity index (χ3v) is 4.11. The van der Waals surface area contributed by atoms with Crippen molar-refractivity contribution in [2.45, 2.75) is 63.9 Å². The molecule has 7 heteroatoms. The number of amides is 2. The van der Waals surface area contributed by atoms with Crippen molar-refractivity contribution in [1.82, 2.24) is 4.90 Å². The van der Waals surface area contributed by atoms with Crippen LogP contribution in [0.25, 0.3) is 0 Å². The Morgan fingerprint density at radius 1 is 1.39 bits per heavy atom. The maximum atomic E-state index is 12.0. The van der Waals surface area contributed by atoms with Gasteiger partial charge in [-0.1, -0.05) is 0 Å². The summed E-state index contributed by atoms with van der Waals surface area (Å²) in [6.07, 6.45) is 1.95. The van der Waals surface area contributed by atoms with Gasteiger partial charge in [0.15, 0.2) is 6.10 Å². The van der Waals surface area contributed by atoms with Gasteiger partial charge in [0.2, 0.25) is 0 Å². The van der Waals surface area contributed by atoms with E-state index in [1.807, 2.05) is 6.92 Å². The van der Waals surface area contributed by atoms with Gasteiger partial charge in [-0.15, -0.1) is 0 Å². The zero-order valence-corrected chi connectivity index (χ0v) is 13.7. The molecule has 2 heterocycles. The van der Waals surface area contributed by atoms with Crippen molar-refractivity contribution < 1.29 is 29.0 Å². The average Bonchev–Trinajstić information content (AvgIpc) is 2.74. The van der Waals surface area contributed by atoms with Crippen LogP contribution in [-0.4, -0.2) is 58.2 Å². The summed E-state index contributed by atoms with van der Waals surface area (Å²) in [5.41, 5.74) is -1.14. The van der Waals surface area contributed by atoms with Gasteiger partial charge < -0.3 is 14.6 Å². The zero-order valence-electron chi connectivity index (χ0n) is 13.7. The Hall–Kier alpha value is -1.73. The normalized spacial score (nSPS) is 34.1. The molecule has 1 saturated heterocycles. The lowest BCUT2D eigenvalue weighted by molar-refractivity contribution is -0.219. The Labute approximate surface area is 135 Å². The van der Waals surface area contributed by atoms with Crippen LogP contribution >= 0.6 is 0 Å². The highest BCUT2D eigenvalue weighted by Gasteiger charge is 2.45. The van der Waals surface area contributed by atoms with Crippen LogP contribution in [0, 0.1) is 0 Å². The second kappa shape index (κ2) is 6.80. The second-order valence-corrected chi connectivity index (χ2v) is 6.39. The minimum atomic E-state index is -1.14. The summed E-state index contributed by atoms with van der Waals surface area (Å²) in [4.78, 5) is 35.8. The molecule has 23 heavy (non-hydrogen) atoms. The largest absolute Gasteiger partial charge is 0.457 e. The summed E-state index contributed by atoms with van der Waals surface area (Å²) in [6.45, 7) is 5.42. The molecule has 0 radical (unpaired) electrons. The van der Waals surface area contributed by atoms with Gasteiger partial charge in [-0.05, 0) is 27.2 Å². The number of nitrogens with zero attached hydrogens (tertiary/aromatic N) is 1. The third-order valence-electron chi connectivity index (χ3n) is 4.11. The maximum Gasteiger partial charge on any atom is 0.306 e. The number of rotatable bonds is 5. The van der Waals surface area contributed by atoms with E-state index in [0.717, 1.165) is 4.90 Å². The smallest absolute Gasteiger partial charge is 0.306 e. The topological polar surface area (TPSA) is 93.1 Å². The molecule has 1 N–H and O–H groups in total. The number of aliphatic hydroxyl groups is 1. The fourth-order valence-corrected chi connectivity index (χ4v) is 3.15. The van der Waals surface area contributed by atoms with Crippen LogP contribution < -0.4 is 0 Å². The number of imide groups is 1. The number of carbonyl (C=O) groups excluding carboxylic acids is 3. The fourth-order valence-electron chi connectivity index (χ4n) is 3.15. The Morgan fingerprint density at radius 2 is 2.00 bits per heavy atom. The molecule has 0 aromatic carbocycles. The molecule has 2 rings (SSSR count). The molecule has 128 valence electrons. The molecule has 0 aromatic heterocycles. The molecule has 1 fully saturated rings. The second-order valence-electron chi connectivity index (χ2n) is 6.39. The Kier molecular flexibility index (Phi) is 5.21. The van der Waals surface area contributed by atoms with Gasteiger partial charge in [0.1, 0.15) is 5.60 Å². The summed E-state index contributed by atoms with van der Waals surface area (Å²) in [6, 6.07) is 0. The summed E-state index contributed by atoms with van der Waals surface area (Å²) in [5, 5.41) is 10.4. The van der Waals surface area contributed by atoms with Gasteiger partial charge in [0, 0.05) is 31.5 Å². The van der Waals surface area contributed by atoms with Crippen molar-refractivity contribution in [3.8, 4) is 0 Å². The van der Waals surface area contributed by atoms with Crippen molar-refractivity contribution in [3.63, 3.8) is 0 Å². The Bertz CT molecular complexity index is 509. The van der Waals surface area contributed by atoms with E-state index in [9.17, 15) is 19.5 Å². The highest BCUT2D eigenvalue weighted by Crippen LogP contribution is 2.31. The number of carbonyl (C=O) groups is 3. The molecule has 2 aliphatic heterocycles. The monoisotopic (exact) mass is 325 g/mol. The number of esters is 1. The number of hydrogen-bond donors (Lipinski definition) is 1. The molecule has 7 nitrogen and oxygen atoms in total. The molecule has 2 amide bonds. The van der Waals surface area contributed by atoms with Gasteiger partial charge in [0.05, 0.1) is 12.2 Å². The molecule has 2 aliphatic rings. The van der Waals surface area contributed by atoms with Crippen molar-refractivity contribution in [1.29, 1.82) is 0 Å². The predicted octanol–water partition coefficient (Wildman–Crippen LogP) is 0.552. The van der Waals surface area contributed by atoms with Gasteiger partial charge in [-0.3, -0.25) is 19.3 Å². The minimum Gasteiger partial charge on any atom is -0.457 e. The van der Waals surface area contributed by atoms with Crippen molar-refractivity contribution >= 4 is 17.8 Å². The van der Waals surface area contributed by atoms with Crippen molar-refractivity contribution in [3.05, 3.63) is 12.2 Å². The van der Waals surface area contributed by atoms with E-state index in [1.54, 1.807) is 13.8 Å². The molecular weight excluding hydrogens is 302 g/mol. The van der Waals surface area contributed by atoms with Crippen LogP contribution in [0.1, 0.15) is 40.0 Å². The summed E-state index contributed by atoms with van der Waals surface area (Å²) >= 11 is 0. The molecule has 4 unspecified atom stereocenters. The van der Waals surface area contributed by atoms with E-state index in [2.05, 4.69) is 0 Å². The van der Waals surface area contributed by atoms with Crippen LogP contribution in [0.4, 0.5) is 0 Å². The van der Waals surface area contributed by atoms with Gasteiger partial charge >= 0.3 is 5.97 Å². The lowest BCUT2D eigenvalue weighted by Crippen LogP contribution is -2.56. The molecule has 0 bridgehead atoms. The van der Waals surface area contributed by atoms with Gasteiger partial charge in [-0.2, -0.15) is 0 Å². The third kappa shape index (κ3) is 4.17. The first kappa shape index (κ1) is 17.6. The highest BCUT2D eigenvalue weighted by atomic mass is 16.6. The fraction of sp³-hybridized carbons (Fsp3) is 0.688. The summed E-state index contributed by atoms with van der Waals surface area (Å²) in [5.74, 6) is -1.21. The number of hydrogen-bond acceptors (Lipinski definition) is 6. The standard InChI is InChI=1S/C16H23NO6/c1-10-9-16(3,21)15(11(2)22-10)23-14(20)5-4-8-17-12(18)6-7-13(17)19/h6-7,10-11,15,21H,4-5,8-9H2,1-3H3. The average molecular weight is 325 g/mol. The predicted molar refractivity (Wildman–Crippen MR) is 80.2 cm³/mol. The highest BCUT2D eigenvalue weighted by molar-refractivity contribution is 6.12. The summed E-state index contributed by atoms with van der Waals surface area (Å²) < 4.78 is 11.0. The van der Waals surface area contributed by atoms with Crippen LogP contribution in [-0.2, 0) is 23.9 Å². The van der Waals surface area contributed by atoms with E-state index in [1.165, 1.54) is 12.2 Å². The first-order valence-electron chi connectivity index (χ1n) is 7.81. The molecule has 0 aromatic rings. The lowest BCUT2D eigenvalue weighted by Gasteiger charge is -2.43. The van der Waals surface area contributed by atoms with Gasteiger partial charge in [-0.25, -0.2) is 0 Å². The van der Waals surface area contributed by atoms with Crippen LogP contribution in [0.3, 0.4) is 0 Å². The molecule has 0 saturated carbocycles. The Morgan fingerprint density at radius 3 is 2.57 bits per heavy atom. The summed E-state index contributed by atoms with van der Waals surface area (Å²) in [7, 11) is 0. The lowest BCUT2D eigenvalue weighted by atomic mass is 9.86. The molecule has 0 spiro atoms. The van der Waals surface area contributed by atoms with E-state index < -0.39 is 23.8 Å². The van der Waals surface area contributed by atoms with E-state index in [0.29, 0.717) is 12.8 Å². The number of ether oxygens (including phenoxy) is 2. The van der Waals surface area contributed by atoms with Crippen LogP contribution in [0.15, 0.2) is 12.2 Å². The quantitative estimate of drug-likeness (QED) is 0.586. The van der Waals surface area contributed by atoms with Crippen molar-refractivity contribution in [2.75, 3.05) is 6.54 Å². The molecule has 0 aliphatic carbocycles. The van der Waals surface area contributed by atoms with Crippen molar-refractivity contribution in [2.24, 2.45) is 0 Å². The van der Waals surface area contributed by atoms with E-state index in [-0.39, 0.29) is 30.9 Å². The molecular formula is C16H23NO6. The first-order valence-corrected chi connectivity index (χ1v) is 7.81. The van der Waals surface area contributed by atoms with E-state index in [4.69, 9.17) is 9.47 Å². The zero-order chi connectivity index (χ0) is 17.2. The first-order chi connectivity index (χ1) is 10.7. The van der Waals surface area contributed by atoms with Crippen LogP contribution in [0.2, 0.25) is 0 Å². The maximum absolute atomic E-state index is 12.0. The van der Waals surface area contributed by atoms with Gasteiger partial charge in [0.25, 0.3) is 11.8 Å². The minimum absolute atomic E-state index is 0.0614. The van der Waals surface area contributed by atoms with E-state index >= 15 is 0 Å². The molecule has 4 atom stereocenters. The SMILES string of the molecule is CC1CC(C)(O)C(OC(=O)CCCN2C(=O)C=CC2=O)C(C)O1. The van der Waals surface area contributed by atoms with Crippen LogP contribution in [0.5, 0.6) is 0 Å². The Balaban J connectivity index is 1.80.